The molecule has 0 aliphatic carbocycles. The van der Waals surface area contributed by atoms with Gasteiger partial charge in [0.05, 0.1) is 11.4 Å². The van der Waals surface area contributed by atoms with Crippen molar-refractivity contribution in [1.82, 2.24) is 10.2 Å². The predicted octanol–water partition coefficient (Wildman–Crippen LogP) is 4.89. The lowest BCUT2D eigenvalue weighted by molar-refractivity contribution is -0.147. The SMILES string of the molecule is CN1c2ccccc2SCc2c(C(F)(F)F)nnc(C(F)(F)F)c21. The van der Waals surface area contributed by atoms with Gasteiger partial charge in [0.15, 0.2) is 11.4 Å². The summed E-state index contributed by atoms with van der Waals surface area (Å²) in [5.41, 5.74) is -3.56. The molecule has 24 heavy (non-hydrogen) atoms. The van der Waals surface area contributed by atoms with Gasteiger partial charge in [0.1, 0.15) is 0 Å². The third-order valence-electron chi connectivity index (χ3n) is 3.52. The molecule has 2 aromatic rings. The molecule has 0 N–H and O–H groups in total. The van der Waals surface area contributed by atoms with Gasteiger partial charge in [-0.3, -0.25) is 0 Å². The minimum Gasteiger partial charge on any atom is -0.342 e. The zero-order chi connectivity index (χ0) is 17.7. The standard InChI is InChI=1S/C14H9F6N3S/c1-23-8-4-2-3-5-9(8)24-6-7-10(23)12(14(18,19)20)22-21-11(7)13(15,16)17/h2-5H,6H2,1H3. The van der Waals surface area contributed by atoms with Gasteiger partial charge in [-0.1, -0.05) is 12.1 Å². The van der Waals surface area contributed by atoms with Crippen LogP contribution in [-0.4, -0.2) is 17.2 Å². The fraction of sp³-hybridized carbons (Fsp3) is 0.286. The number of benzene rings is 1. The van der Waals surface area contributed by atoms with E-state index in [4.69, 9.17) is 0 Å². The number of hydrogen-bond acceptors (Lipinski definition) is 4. The molecule has 1 aromatic carbocycles. The van der Waals surface area contributed by atoms with Crippen LogP contribution in [0.5, 0.6) is 0 Å². The first-order valence-electron chi connectivity index (χ1n) is 6.60. The van der Waals surface area contributed by atoms with E-state index < -0.39 is 35.0 Å². The Hall–Kier alpha value is -1.97. The summed E-state index contributed by atoms with van der Waals surface area (Å²) in [6, 6.07) is 6.46. The van der Waals surface area contributed by atoms with Crippen LogP contribution in [0.3, 0.4) is 0 Å². The maximum atomic E-state index is 13.3. The van der Waals surface area contributed by atoms with Crippen LogP contribution in [0.15, 0.2) is 29.2 Å². The van der Waals surface area contributed by atoms with Crippen LogP contribution >= 0.6 is 11.8 Å². The predicted molar refractivity (Wildman–Crippen MR) is 76.1 cm³/mol. The number of nitrogens with zero attached hydrogens (tertiary/aromatic N) is 3. The highest BCUT2D eigenvalue weighted by Crippen LogP contribution is 2.48. The van der Waals surface area contributed by atoms with Crippen LogP contribution in [0, 0.1) is 0 Å². The smallest absolute Gasteiger partial charge is 0.342 e. The first-order chi connectivity index (χ1) is 11.1. The van der Waals surface area contributed by atoms with E-state index in [2.05, 4.69) is 10.2 Å². The Kier molecular flexibility index (Phi) is 3.89. The van der Waals surface area contributed by atoms with E-state index in [9.17, 15) is 26.3 Å². The van der Waals surface area contributed by atoms with Crippen molar-refractivity contribution in [2.75, 3.05) is 11.9 Å². The van der Waals surface area contributed by atoms with Crippen LogP contribution in [0.2, 0.25) is 0 Å². The molecule has 0 fully saturated rings. The molecule has 3 rings (SSSR count). The van der Waals surface area contributed by atoms with Crippen molar-refractivity contribution in [2.45, 2.75) is 23.0 Å². The minimum atomic E-state index is -4.92. The first-order valence-corrected chi connectivity index (χ1v) is 7.58. The van der Waals surface area contributed by atoms with Gasteiger partial charge in [0.25, 0.3) is 0 Å². The summed E-state index contributed by atoms with van der Waals surface area (Å²) in [5, 5.41) is 5.68. The number of fused-ring (bicyclic) bond motifs is 2. The summed E-state index contributed by atoms with van der Waals surface area (Å²) >= 11 is 1.03. The van der Waals surface area contributed by atoms with Gasteiger partial charge in [-0.25, -0.2) is 0 Å². The number of hydrogen-bond donors (Lipinski definition) is 0. The van der Waals surface area contributed by atoms with Crippen LogP contribution in [0.1, 0.15) is 17.0 Å². The van der Waals surface area contributed by atoms with E-state index in [0.29, 0.717) is 10.6 Å². The molecule has 2 heterocycles. The molecule has 0 saturated heterocycles. The fourth-order valence-corrected chi connectivity index (χ4v) is 3.61. The lowest BCUT2D eigenvalue weighted by Gasteiger charge is -2.25. The maximum Gasteiger partial charge on any atom is 0.437 e. The molecule has 0 bridgehead atoms. The Morgan fingerprint density at radius 3 is 2.17 bits per heavy atom. The first kappa shape index (κ1) is 16.9. The van der Waals surface area contributed by atoms with Crippen molar-refractivity contribution in [3.63, 3.8) is 0 Å². The van der Waals surface area contributed by atoms with Gasteiger partial charge in [-0.05, 0) is 12.1 Å². The average Bonchev–Trinajstić information content (AvgIpc) is 2.63. The number of aromatic nitrogens is 2. The fourth-order valence-electron chi connectivity index (χ4n) is 2.51. The minimum absolute atomic E-state index is 0.288. The zero-order valence-electron chi connectivity index (χ0n) is 12.0. The lowest BCUT2D eigenvalue weighted by atomic mass is 10.1. The average molecular weight is 365 g/mol. The molecule has 1 aromatic heterocycles. The van der Waals surface area contributed by atoms with Crippen molar-refractivity contribution >= 4 is 23.1 Å². The summed E-state index contributed by atoms with van der Waals surface area (Å²) < 4.78 is 79.3. The van der Waals surface area contributed by atoms with Crippen molar-refractivity contribution in [3.05, 3.63) is 41.2 Å². The Labute approximate surface area is 136 Å². The number of halogens is 6. The van der Waals surface area contributed by atoms with E-state index in [0.717, 1.165) is 16.7 Å². The molecule has 1 aliphatic rings. The Bertz CT molecular complexity index is 787. The monoisotopic (exact) mass is 365 g/mol. The zero-order valence-corrected chi connectivity index (χ0v) is 12.9. The van der Waals surface area contributed by atoms with Crippen LogP contribution in [0.25, 0.3) is 0 Å². The van der Waals surface area contributed by atoms with Crippen LogP contribution < -0.4 is 4.90 Å². The third-order valence-corrected chi connectivity index (χ3v) is 4.61. The Balaban J connectivity index is 2.33. The lowest BCUT2D eigenvalue weighted by Crippen LogP contribution is -2.24. The highest BCUT2D eigenvalue weighted by Gasteiger charge is 2.45. The second-order valence-electron chi connectivity index (χ2n) is 5.04. The summed E-state index contributed by atoms with van der Waals surface area (Å²) in [4.78, 5) is 1.68. The molecule has 1 aliphatic heterocycles. The molecule has 0 radical (unpaired) electrons. The van der Waals surface area contributed by atoms with Crippen LogP contribution in [-0.2, 0) is 18.1 Å². The Morgan fingerprint density at radius 1 is 0.958 bits per heavy atom. The van der Waals surface area contributed by atoms with Crippen molar-refractivity contribution in [2.24, 2.45) is 0 Å². The quantitative estimate of drug-likeness (QED) is 0.622. The van der Waals surface area contributed by atoms with E-state index >= 15 is 0 Å². The number of para-hydroxylation sites is 1. The molecule has 3 nitrogen and oxygen atoms in total. The molecule has 0 atom stereocenters. The third kappa shape index (κ3) is 2.79. The molecule has 0 spiro atoms. The second-order valence-corrected chi connectivity index (χ2v) is 6.05. The summed E-state index contributed by atoms with van der Waals surface area (Å²) in [6.07, 6.45) is -9.81. The van der Waals surface area contributed by atoms with Gasteiger partial charge in [0, 0.05) is 23.3 Å². The normalized spacial score (nSPS) is 14.9. The molecule has 128 valence electrons. The Morgan fingerprint density at radius 2 is 1.54 bits per heavy atom. The molecule has 0 unspecified atom stereocenters. The van der Waals surface area contributed by atoms with Gasteiger partial charge < -0.3 is 4.90 Å². The van der Waals surface area contributed by atoms with E-state index in [1.165, 1.54) is 7.05 Å². The summed E-state index contributed by atoms with van der Waals surface area (Å²) in [6.45, 7) is 0. The maximum absolute atomic E-state index is 13.3. The highest BCUT2D eigenvalue weighted by molar-refractivity contribution is 7.98. The highest BCUT2D eigenvalue weighted by atomic mass is 32.2. The van der Waals surface area contributed by atoms with Crippen LogP contribution in [0.4, 0.5) is 37.7 Å². The number of alkyl halides is 6. The summed E-state index contributed by atoms with van der Waals surface area (Å²) in [5.74, 6) is -0.288. The van der Waals surface area contributed by atoms with E-state index in [1.54, 1.807) is 24.3 Å². The largest absolute Gasteiger partial charge is 0.437 e. The van der Waals surface area contributed by atoms with Crippen molar-refractivity contribution in [1.29, 1.82) is 0 Å². The van der Waals surface area contributed by atoms with E-state index in [-0.39, 0.29) is 5.75 Å². The topological polar surface area (TPSA) is 29.0 Å². The molecular weight excluding hydrogens is 356 g/mol. The van der Waals surface area contributed by atoms with Gasteiger partial charge in [0.2, 0.25) is 0 Å². The van der Waals surface area contributed by atoms with E-state index in [1.807, 2.05) is 0 Å². The summed E-state index contributed by atoms with van der Waals surface area (Å²) in [7, 11) is 1.29. The molecule has 0 saturated carbocycles. The molecular formula is C14H9F6N3S. The van der Waals surface area contributed by atoms with Crippen molar-refractivity contribution < 1.29 is 26.3 Å². The second kappa shape index (κ2) is 5.54. The number of rotatable bonds is 0. The van der Waals surface area contributed by atoms with Gasteiger partial charge in [-0.15, -0.1) is 22.0 Å². The number of anilines is 2. The molecule has 10 heteroatoms. The molecule has 0 amide bonds. The van der Waals surface area contributed by atoms with Gasteiger partial charge >= 0.3 is 12.4 Å². The number of thioether (sulfide) groups is 1. The van der Waals surface area contributed by atoms with Gasteiger partial charge in [-0.2, -0.15) is 26.3 Å². The van der Waals surface area contributed by atoms with Crippen molar-refractivity contribution in [3.8, 4) is 0 Å².